The molecule has 0 atom stereocenters. The summed E-state index contributed by atoms with van der Waals surface area (Å²) in [6.07, 6.45) is 0. The first-order valence-corrected chi connectivity index (χ1v) is 18.5. The number of hydrogen-bond acceptors (Lipinski definition) is 4. The number of hydrogen-bond donors (Lipinski definition) is 0. The third-order valence-electron chi connectivity index (χ3n) is 10.1. The third-order valence-corrected chi connectivity index (χ3v) is 11.4. The lowest BCUT2D eigenvalue weighted by molar-refractivity contribution is 1.08. The minimum Gasteiger partial charge on any atom is -0.309 e. The van der Waals surface area contributed by atoms with Gasteiger partial charge in [-0.15, -0.1) is 11.3 Å². The Morgan fingerprint density at radius 1 is 0.426 bits per heavy atom. The first-order chi connectivity index (χ1) is 28.9. The van der Waals surface area contributed by atoms with E-state index in [1.165, 1.54) is 11.3 Å². The fraction of sp³-hybridized carbons (Fsp3) is 0. The standard InChI is InChI=1S/C49H30N4S/c1-3-15-32(16-4-1)36-24-14-25-39-41-29-34(53-43-27-11-9-22-37(43)38-23-10-12-28-44(38)53)30-42(46(41)54-45(36)39)49-51-47(33-18-5-2-6-19-33)50-48(52-49)40-26-13-20-31-17-7-8-21-35(31)40/h1-30H/i1D,3D,4D,15D,16D. The fourth-order valence-electron chi connectivity index (χ4n) is 7.72. The zero-order valence-electron chi connectivity index (χ0n) is 33.6. The predicted octanol–water partition coefficient (Wildman–Crippen LogP) is 13.2. The van der Waals surface area contributed by atoms with E-state index in [-0.39, 0.29) is 29.7 Å². The molecule has 54 heavy (non-hydrogen) atoms. The molecule has 4 nitrogen and oxygen atoms in total. The molecular formula is C49H30N4S. The van der Waals surface area contributed by atoms with Crippen molar-refractivity contribution in [3.05, 3.63) is 182 Å². The molecular weight excluding hydrogens is 677 g/mol. The lowest BCUT2D eigenvalue weighted by Gasteiger charge is -2.13. The molecule has 0 aliphatic carbocycles. The maximum absolute atomic E-state index is 8.91. The van der Waals surface area contributed by atoms with E-state index in [0.717, 1.165) is 75.1 Å². The Bertz CT molecular complexity index is 3440. The Balaban J connectivity index is 1.27. The van der Waals surface area contributed by atoms with E-state index in [9.17, 15) is 0 Å². The molecule has 0 aliphatic heterocycles. The smallest absolute Gasteiger partial charge is 0.165 e. The summed E-state index contributed by atoms with van der Waals surface area (Å²) >= 11 is 1.51. The highest BCUT2D eigenvalue weighted by Gasteiger charge is 2.22. The van der Waals surface area contributed by atoms with Gasteiger partial charge in [-0.2, -0.15) is 0 Å². The first kappa shape index (κ1) is 25.9. The Labute approximate surface area is 322 Å². The van der Waals surface area contributed by atoms with Crippen LogP contribution in [-0.4, -0.2) is 19.5 Å². The van der Waals surface area contributed by atoms with Crippen LogP contribution in [0.1, 0.15) is 6.85 Å². The zero-order valence-corrected chi connectivity index (χ0v) is 29.4. The van der Waals surface area contributed by atoms with Crippen LogP contribution in [0, 0.1) is 0 Å². The molecule has 0 bridgehead atoms. The van der Waals surface area contributed by atoms with Gasteiger partial charge in [0.05, 0.1) is 17.9 Å². The summed E-state index contributed by atoms with van der Waals surface area (Å²) in [5.41, 5.74) is 6.28. The number of fused-ring (bicyclic) bond motifs is 7. The Morgan fingerprint density at radius 3 is 1.78 bits per heavy atom. The van der Waals surface area contributed by atoms with E-state index in [1.54, 1.807) is 0 Å². The monoisotopic (exact) mass is 711 g/mol. The van der Waals surface area contributed by atoms with Crippen molar-refractivity contribution in [3.8, 4) is 51.0 Å². The quantitative estimate of drug-likeness (QED) is 0.178. The number of benzene rings is 8. The summed E-state index contributed by atoms with van der Waals surface area (Å²) in [6.45, 7) is 0. The number of thiophene rings is 1. The van der Waals surface area contributed by atoms with Gasteiger partial charge < -0.3 is 4.57 Å². The molecule has 0 unspecified atom stereocenters. The SMILES string of the molecule is [2H]c1c([2H])c([2H])c(-c2cccc3c2sc2c(-c4nc(-c5ccccc5)nc(-c5cccc6ccccc56)n4)cc(-n4c5ccccc5c5ccccc54)cc23)c([2H])c1[2H]. The van der Waals surface area contributed by atoms with Gasteiger partial charge in [0, 0.05) is 53.3 Å². The van der Waals surface area contributed by atoms with Crippen molar-refractivity contribution in [2.24, 2.45) is 0 Å². The number of nitrogens with zero attached hydrogens (tertiary/aromatic N) is 4. The van der Waals surface area contributed by atoms with E-state index in [4.69, 9.17) is 21.8 Å². The van der Waals surface area contributed by atoms with Crippen LogP contribution >= 0.6 is 11.3 Å². The Morgan fingerprint density at radius 2 is 1.00 bits per heavy atom. The van der Waals surface area contributed by atoms with Gasteiger partial charge in [-0.25, -0.2) is 15.0 Å². The van der Waals surface area contributed by atoms with E-state index in [0.29, 0.717) is 23.0 Å². The Kier molecular flexibility index (Phi) is 5.92. The molecule has 0 N–H and O–H groups in total. The second-order valence-corrected chi connectivity index (χ2v) is 14.2. The van der Waals surface area contributed by atoms with Crippen molar-refractivity contribution in [2.45, 2.75) is 0 Å². The van der Waals surface area contributed by atoms with Crippen LogP contribution in [0.25, 0.3) is 104 Å². The fourth-order valence-corrected chi connectivity index (χ4v) is 9.03. The maximum atomic E-state index is 8.91. The molecule has 0 spiro atoms. The highest BCUT2D eigenvalue weighted by atomic mass is 32.1. The molecule has 11 aromatic rings. The zero-order chi connectivity index (χ0) is 39.9. The van der Waals surface area contributed by atoms with Crippen LogP contribution in [0.2, 0.25) is 0 Å². The van der Waals surface area contributed by atoms with E-state index >= 15 is 0 Å². The van der Waals surface area contributed by atoms with Gasteiger partial charge in [0.15, 0.2) is 17.5 Å². The van der Waals surface area contributed by atoms with Crippen LogP contribution in [-0.2, 0) is 0 Å². The predicted molar refractivity (Wildman–Crippen MR) is 226 cm³/mol. The first-order valence-electron chi connectivity index (χ1n) is 20.2. The van der Waals surface area contributed by atoms with Crippen molar-refractivity contribution < 1.29 is 6.85 Å². The summed E-state index contributed by atoms with van der Waals surface area (Å²) in [5, 5.41) is 6.20. The molecule has 0 saturated carbocycles. The van der Waals surface area contributed by atoms with Crippen molar-refractivity contribution in [2.75, 3.05) is 0 Å². The number of aromatic nitrogens is 4. The highest BCUT2D eigenvalue weighted by Crippen LogP contribution is 2.46. The normalized spacial score (nSPS) is 13.0. The van der Waals surface area contributed by atoms with Crippen molar-refractivity contribution in [3.63, 3.8) is 0 Å². The van der Waals surface area contributed by atoms with Gasteiger partial charge in [-0.1, -0.05) is 158 Å². The van der Waals surface area contributed by atoms with Crippen LogP contribution in [0.5, 0.6) is 0 Å². The summed E-state index contributed by atoms with van der Waals surface area (Å²) < 4.78 is 47.1. The molecule has 0 saturated heterocycles. The topological polar surface area (TPSA) is 43.6 Å². The largest absolute Gasteiger partial charge is 0.309 e. The highest BCUT2D eigenvalue weighted by molar-refractivity contribution is 7.26. The lowest BCUT2D eigenvalue weighted by atomic mass is 10.0. The van der Waals surface area contributed by atoms with Gasteiger partial charge >= 0.3 is 0 Å². The molecule has 0 amide bonds. The van der Waals surface area contributed by atoms with E-state index < -0.39 is 6.04 Å². The van der Waals surface area contributed by atoms with Crippen molar-refractivity contribution in [1.29, 1.82) is 0 Å². The maximum Gasteiger partial charge on any atom is 0.165 e. The minimum absolute atomic E-state index is 0.169. The third kappa shape index (κ3) is 4.86. The molecule has 8 aromatic carbocycles. The van der Waals surface area contributed by atoms with Crippen LogP contribution in [0.4, 0.5) is 0 Å². The number of para-hydroxylation sites is 2. The minimum atomic E-state index is -0.420. The molecule has 3 heterocycles. The van der Waals surface area contributed by atoms with Crippen molar-refractivity contribution >= 4 is 64.1 Å². The van der Waals surface area contributed by atoms with Crippen LogP contribution in [0.3, 0.4) is 0 Å². The summed E-state index contributed by atoms with van der Waals surface area (Å²) in [4.78, 5) is 15.6. The van der Waals surface area contributed by atoms with Gasteiger partial charge in [-0.3, -0.25) is 0 Å². The molecule has 5 heteroatoms. The molecule has 11 rings (SSSR count). The Hall–Kier alpha value is -6.95. The van der Waals surface area contributed by atoms with Gasteiger partial charge in [0.1, 0.15) is 0 Å². The van der Waals surface area contributed by atoms with E-state index in [1.807, 2.05) is 72.8 Å². The molecule has 252 valence electrons. The summed E-state index contributed by atoms with van der Waals surface area (Å²) in [7, 11) is 0. The van der Waals surface area contributed by atoms with E-state index in [2.05, 4.69) is 83.4 Å². The number of rotatable bonds is 5. The van der Waals surface area contributed by atoms with Gasteiger partial charge in [0.2, 0.25) is 0 Å². The second-order valence-electron chi connectivity index (χ2n) is 13.2. The second kappa shape index (κ2) is 12.3. The van der Waals surface area contributed by atoms with Crippen LogP contribution < -0.4 is 0 Å². The molecule has 0 fully saturated rings. The average Bonchev–Trinajstić information content (AvgIpc) is 3.84. The van der Waals surface area contributed by atoms with Gasteiger partial charge in [0.25, 0.3) is 0 Å². The molecule has 0 aliphatic rings. The average molecular weight is 712 g/mol. The van der Waals surface area contributed by atoms with Crippen LogP contribution in [0.15, 0.2) is 182 Å². The molecule has 0 radical (unpaired) electrons. The lowest BCUT2D eigenvalue weighted by Crippen LogP contribution is -2.01. The summed E-state index contributed by atoms with van der Waals surface area (Å²) in [6, 6.07) is 49.6. The van der Waals surface area contributed by atoms with Crippen molar-refractivity contribution in [1.82, 2.24) is 19.5 Å². The van der Waals surface area contributed by atoms with Gasteiger partial charge in [-0.05, 0) is 46.2 Å². The molecule has 3 aromatic heterocycles. The summed E-state index contributed by atoms with van der Waals surface area (Å²) in [5.74, 6) is 1.57.